The first kappa shape index (κ1) is 10.5. The molecule has 0 atom stereocenters. The van der Waals surface area contributed by atoms with Crippen LogP contribution in [0.5, 0.6) is 0 Å². The number of thiocarbonyl (C=S) groups is 1. The Hall–Kier alpha value is -1.58. The van der Waals surface area contributed by atoms with E-state index >= 15 is 0 Å². The lowest BCUT2D eigenvalue weighted by atomic mass is 10.1. The molecule has 0 amide bonds. The van der Waals surface area contributed by atoms with Gasteiger partial charge in [-0.15, -0.1) is 0 Å². The predicted octanol–water partition coefficient (Wildman–Crippen LogP) is 2.95. The molecule has 0 aliphatic carbocycles. The van der Waals surface area contributed by atoms with Crippen LogP contribution in [0.2, 0.25) is 0 Å². The molecule has 0 aromatic heterocycles. The van der Waals surface area contributed by atoms with E-state index in [1.807, 2.05) is 0 Å². The van der Waals surface area contributed by atoms with E-state index in [2.05, 4.69) is 22.4 Å². The van der Waals surface area contributed by atoms with E-state index in [1.165, 1.54) is 6.07 Å². The zero-order valence-corrected chi connectivity index (χ0v) is 8.59. The Morgan fingerprint density at radius 2 is 2.07 bits per heavy atom. The van der Waals surface area contributed by atoms with Gasteiger partial charge in [0, 0.05) is 11.6 Å². The van der Waals surface area contributed by atoms with Crippen LogP contribution in [0.4, 0.5) is 11.4 Å². The van der Waals surface area contributed by atoms with Crippen molar-refractivity contribution in [2.24, 2.45) is 4.99 Å². The van der Waals surface area contributed by atoms with Crippen molar-refractivity contribution < 1.29 is 4.92 Å². The van der Waals surface area contributed by atoms with Crippen molar-refractivity contribution in [1.82, 2.24) is 0 Å². The number of nitro benzene ring substituents is 1. The van der Waals surface area contributed by atoms with Gasteiger partial charge in [0.25, 0.3) is 5.69 Å². The molecule has 0 bridgehead atoms. The molecule has 14 heavy (non-hydrogen) atoms. The zero-order valence-electron chi connectivity index (χ0n) is 7.77. The molecule has 1 rings (SSSR count). The number of isothiocyanates is 1. The highest BCUT2D eigenvalue weighted by Crippen LogP contribution is 2.28. The first-order valence-corrected chi connectivity index (χ1v) is 4.31. The summed E-state index contributed by atoms with van der Waals surface area (Å²) in [6, 6.07) is 2.99. The summed E-state index contributed by atoms with van der Waals surface area (Å²) in [6.07, 6.45) is 0. The van der Waals surface area contributed by atoms with Crippen LogP contribution in [0, 0.1) is 24.0 Å². The number of hydrogen-bond donors (Lipinski definition) is 0. The van der Waals surface area contributed by atoms with Gasteiger partial charge in [-0.05, 0) is 37.7 Å². The summed E-state index contributed by atoms with van der Waals surface area (Å²) >= 11 is 4.47. The summed E-state index contributed by atoms with van der Waals surface area (Å²) in [4.78, 5) is 14.0. The van der Waals surface area contributed by atoms with E-state index in [0.29, 0.717) is 11.3 Å². The van der Waals surface area contributed by atoms with E-state index in [9.17, 15) is 10.1 Å². The van der Waals surface area contributed by atoms with E-state index in [-0.39, 0.29) is 5.69 Å². The maximum Gasteiger partial charge on any atom is 0.272 e. The molecule has 0 heterocycles. The van der Waals surface area contributed by atoms with Gasteiger partial charge in [-0.1, -0.05) is 0 Å². The molecule has 1 aromatic carbocycles. The third kappa shape index (κ3) is 1.84. The van der Waals surface area contributed by atoms with Gasteiger partial charge in [-0.3, -0.25) is 10.1 Å². The molecule has 0 aliphatic heterocycles. The maximum atomic E-state index is 10.6. The number of hydrogen-bond acceptors (Lipinski definition) is 4. The first-order valence-electron chi connectivity index (χ1n) is 3.90. The van der Waals surface area contributed by atoms with Crippen molar-refractivity contribution in [3.05, 3.63) is 33.4 Å². The molecule has 72 valence electrons. The lowest BCUT2D eigenvalue weighted by molar-refractivity contribution is -0.385. The highest BCUT2D eigenvalue weighted by molar-refractivity contribution is 7.78. The lowest BCUT2D eigenvalue weighted by Gasteiger charge is -2.03. The van der Waals surface area contributed by atoms with Gasteiger partial charge in [0.2, 0.25) is 0 Å². The van der Waals surface area contributed by atoms with Crippen LogP contribution >= 0.6 is 12.2 Å². The van der Waals surface area contributed by atoms with Crippen LogP contribution in [0.15, 0.2) is 17.1 Å². The van der Waals surface area contributed by atoms with Crippen molar-refractivity contribution in [2.45, 2.75) is 13.8 Å². The largest absolute Gasteiger partial charge is 0.272 e. The van der Waals surface area contributed by atoms with Gasteiger partial charge in [0.05, 0.1) is 15.8 Å². The third-order valence-electron chi connectivity index (χ3n) is 2.09. The quantitative estimate of drug-likeness (QED) is 0.325. The average molecular weight is 208 g/mol. The second-order valence-corrected chi connectivity index (χ2v) is 3.00. The average Bonchev–Trinajstić information content (AvgIpc) is 2.13. The Kier molecular flexibility index (Phi) is 3.06. The molecule has 0 saturated heterocycles. The summed E-state index contributed by atoms with van der Waals surface area (Å²) in [5.74, 6) is 0. The Balaban J connectivity index is 3.40. The second kappa shape index (κ2) is 4.09. The van der Waals surface area contributed by atoms with E-state index < -0.39 is 4.92 Å². The molecule has 0 saturated carbocycles. The molecule has 0 unspecified atom stereocenters. The number of benzene rings is 1. The third-order valence-corrected chi connectivity index (χ3v) is 2.18. The van der Waals surface area contributed by atoms with Gasteiger partial charge in [-0.25, -0.2) is 0 Å². The predicted molar refractivity (Wildman–Crippen MR) is 57.3 cm³/mol. The second-order valence-electron chi connectivity index (χ2n) is 2.81. The molecule has 0 aliphatic rings. The summed E-state index contributed by atoms with van der Waals surface area (Å²) in [7, 11) is 0. The Morgan fingerprint density at radius 3 is 2.57 bits per heavy atom. The normalized spacial score (nSPS) is 9.29. The number of aliphatic imine (C=N–C) groups is 1. The zero-order chi connectivity index (χ0) is 10.7. The van der Waals surface area contributed by atoms with Crippen LogP contribution in [-0.4, -0.2) is 10.1 Å². The Labute approximate surface area is 86.4 Å². The van der Waals surface area contributed by atoms with Crippen LogP contribution in [-0.2, 0) is 0 Å². The van der Waals surface area contributed by atoms with Crippen LogP contribution in [0.1, 0.15) is 11.1 Å². The summed E-state index contributed by atoms with van der Waals surface area (Å²) in [5.41, 5.74) is 2.10. The lowest BCUT2D eigenvalue weighted by Crippen LogP contribution is -1.93. The highest BCUT2D eigenvalue weighted by atomic mass is 32.1. The molecular formula is C9H8N2O2S. The molecular weight excluding hydrogens is 200 g/mol. The standard InChI is InChI=1S/C9H8N2O2S/c1-6-7(2)9(11(12)13)4-3-8(6)10-5-14/h3-4H,1-2H3. The minimum atomic E-state index is -0.409. The first-order chi connectivity index (χ1) is 6.57. The smallest absolute Gasteiger partial charge is 0.258 e. The van der Waals surface area contributed by atoms with Gasteiger partial charge in [0.1, 0.15) is 0 Å². The van der Waals surface area contributed by atoms with Crippen molar-refractivity contribution in [3.63, 3.8) is 0 Å². The van der Waals surface area contributed by atoms with Gasteiger partial charge >= 0.3 is 0 Å². The van der Waals surface area contributed by atoms with E-state index in [4.69, 9.17) is 0 Å². The van der Waals surface area contributed by atoms with Crippen molar-refractivity contribution >= 4 is 28.8 Å². The summed E-state index contributed by atoms with van der Waals surface area (Å²) in [5, 5.41) is 12.8. The van der Waals surface area contributed by atoms with E-state index in [0.717, 1.165) is 5.56 Å². The van der Waals surface area contributed by atoms with Crippen LogP contribution in [0.3, 0.4) is 0 Å². The van der Waals surface area contributed by atoms with Gasteiger partial charge < -0.3 is 0 Å². The van der Waals surface area contributed by atoms with Gasteiger partial charge in [-0.2, -0.15) is 4.99 Å². The minimum absolute atomic E-state index is 0.103. The Bertz CT molecular complexity index is 410. The molecule has 0 radical (unpaired) electrons. The monoisotopic (exact) mass is 208 g/mol. The SMILES string of the molecule is Cc1c(N=C=S)ccc([N+](=O)[O-])c1C. The molecule has 4 nitrogen and oxygen atoms in total. The molecule has 0 N–H and O–H groups in total. The van der Waals surface area contributed by atoms with E-state index in [1.54, 1.807) is 19.9 Å². The number of nitro groups is 1. The number of rotatable bonds is 2. The summed E-state index contributed by atoms with van der Waals surface area (Å²) < 4.78 is 0. The summed E-state index contributed by atoms with van der Waals surface area (Å²) in [6.45, 7) is 3.46. The molecule has 5 heteroatoms. The van der Waals surface area contributed by atoms with Crippen molar-refractivity contribution in [1.29, 1.82) is 0 Å². The van der Waals surface area contributed by atoms with Crippen LogP contribution in [0.25, 0.3) is 0 Å². The topological polar surface area (TPSA) is 55.5 Å². The fourth-order valence-corrected chi connectivity index (χ4v) is 1.26. The Morgan fingerprint density at radius 1 is 1.43 bits per heavy atom. The highest BCUT2D eigenvalue weighted by Gasteiger charge is 2.13. The van der Waals surface area contributed by atoms with Crippen molar-refractivity contribution in [3.8, 4) is 0 Å². The number of nitrogens with zero attached hydrogens (tertiary/aromatic N) is 2. The minimum Gasteiger partial charge on any atom is -0.258 e. The fourth-order valence-electron chi connectivity index (χ4n) is 1.16. The molecule has 0 fully saturated rings. The fraction of sp³-hybridized carbons (Fsp3) is 0.222. The van der Waals surface area contributed by atoms with Crippen molar-refractivity contribution in [2.75, 3.05) is 0 Å². The molecule has 0 spiro atoms. The van der Waals surface area contributed by atoms with Gasteiger partial charge in [0.15, 0.2) is 0 Å². The van der Waals surface area contributed by atoms with Crippen LogP contribution < -0.4 is 0 Å². The maximum absolute atomic E-state index is 10.6. The molecule has 1 aromatic rings.